The standard InChI is InChI=1S/C17H21FN4O/c18-16(13-19-17(23)21-10-5-2-6-11-21)22-12-9-15(20-22)14-7-3-1-4-8-14/h1,3-4,7-9,12,16H,2,5-6,10-11,13H2,(H,19,23)/t16-/m0/s1. The molecule has 1 aromatic heterocycles. The lowest BCUT2D eigenvalue weighted by atomic mass is 10.1. The molecule has 0 spiro atoms. The normalized spacial score (nSPS) is 16.1. The van der Waals surface area contributed by atoms with Gasteiger partial charge in [0, 0.05) is 24.8 Å². The highest BCUT2D eigenvalue weighted by molar-refractivity contribution is 5.74. The SMILES string of the molecule is O=C(NC[C@@H](F)n1ccc(-c2ccccc2)n1)N1CCCCC1. The second-order valence-electron chi connectivity index (χ2n) is 5.72. The summed E-state index contributed by atoms with van der Waals surface area (Å²) in [5, 5.41) is 6.90. The summed E-state index contributed by atoms with van der Waals surface area (Å²) in [7, 11) is 0. The zero-order valence-corrected chi connectivity index (χ0v) is 13.0. The van der Waals surface area contributed by atoms with E-state index < -0.39 is 6.30 Å². The lowest BCUT2D eigenvalue weighted by Crippen LogP contribution is -2.44. The lowest BCUT2D eigenvalue weighted by Gasteiger charge is -2.27. The molecule has 2 heterocycles. The Morgan fingerprint density at radius 3 is 2.65 bits per heavy atom. The van der Waals surface area contributed by atoms with E-state index in [4.69, 9.17) is 0 Å². The Morgan fingerprint density at radius 2 is 1.91 bits per heavy atom. The van der Waals surface area contributed by atoms with E-state index in [1.165, 1.54) is 4.68 Å². The minimum atomic E-state index is -1.37. The van der Waals surface area contributed by atoms with Crippen molar-refractivity contribution in [1.82, 2.24) is 20.0 Å². The van der Waals surface area contributed by atoms with Crippen LogP contribution in [0.3, 0.4) is 0 Å². The van der Waals surface area contributed by atoms with Crippen LogP contribution in [-0.4, -0.2) is 40.3 Å². The van der Waals surface area contributed by atoms with Gasteiger partial charge in [-0.25, -0.2) is 13.9 Å². The van der Waals surface area contributed by atoms with Gasteiger partial charge in [0.2, 0.25) is 6.30 Å². The highest BCUT2D eigenvalue weighted by Gasteiger charge is 2.18. The second kappa shape index (κ2) is 7.26. The number of carbonyl (C=O) groups is 1. The molecule has 1 aliphatic heterocycles. The van der Waals surface area contributed by atoms with Gasteiger partial charge >= 0.3 is 6.03 Å². The number of likely N-dealkylation sites (tertiary alicyclic amines) is 1. The smallest absolute Gasteiger partial charge is 0.317 e. The topological polar surface area (TPSA) is 50.2 Å². The van der Waals surface area contributed by atoms with Crippen molar-refractivity contribution in [1.29, 1.82) is 0 Å². The number of nitrogens with zero attached hydrogens (tertiary/aromatic N) is 3. The zero-order chi connectivity index (χ0) is 16.1. The van der Waals surface area contributed by atoms with Crippen LogP contribution < -0.4 is 5.32 Å². The molecular weight excluding hydrogens is 295 g/mol. The summed E-state index contributed by atoms with van der Waals surface area (Å²) < 4.78 is 15.5. The molecule has 1 saturated heterocycles. The Bertz CT molecular complexity index is 637. The molecule has 0 saturated carbocycles. The third kappa shape index (κ3) is 3.88. The van der Waals surface area contributed by atoms with Crippen molar-refractivity contribution >= 4 is 6.03 Å². The van der Waals surface area contributed by atoms with Gasteiger partial charge in [-0.2, -0.15) is 5.10 Å². The van der Waals surface area contributed by atoms with Crippen LogP contribution in [0.1, 0.15) is 25.6 Å². The van der Waals surface area contributed by atoms with Crippen LogP contribution in [0.2, 0.25) is 0 Å². The van der Waals surface area contributed by atoms with Crippen LogP contribution in [-0.2, 0) is 0 Å². The number of hydrogen-bond acceptors (Lipinski definition) is 2. The van der Waals surface area contributed by atoms with Gasteiger partial charge in [0.1, 0.15) is 0 Å². The fourth-order valence-electron chi connectivity index (χ4n) is 2.73. The first-order chi connectivity index (χ1) is 11.2. The number of amides is 2. The molecule has 1 aromatic carbocycles. The Labute approximate surface area is 135 Å². The maximum atomic E-state index is 14.3. The third-order valence-corrected chi connectivity index (χ3v) is 4.03. The first-order valence-electron chi connectivity index (χ1n) is 8.01. The number of alkyl halides is 1. The zero-order valence-electron chi connectivity index (χ0n) is 13.0. The highest BCUT2D eigenvalue weighted by atomic mass is 19.1. The number of carbonyl (C=O) groups excluding carboxylic acids is 1. The van der Waals surface area contributed by atoms with Gasteiger partial charge in [0.15, 0.2) is 0 Å². The number of halogens is 1. The second-order valence-corrected chi connectivity index (χ2v) is 5.72. The molecule has 0 radical (unpaired) electrons. The maximum Gasteiger partial charge on any atom is 0.317 e. The summed E-state index contributed by atoms with van der Waals surface area (Å²) in [6.07, 6.45) is 3.42. The van der Waals surface area contributed by atoms with E-state index in [1.807, 2.05) is 30.3 Å². The van der Waals surface area contributed by atoms with Crippen LogP contribution in [0, 0.1) is 0 Å². The number of benzene rings is 1. The Kier molecular flexibility index (Phi) is 4.90. The van der Waals surface area contributed by atoms with Crippen LogP contribution >= 0.6 is 0 Å². The van der Waals surface area contributed by atoms with E-state index in [1.54, 1.807) is 17.2 Å². The van der Waals surface area contributed by atoms with E-state index in [9.17, 15) is 9.18 Å². The number of nitrogens with one attached hydrogen (secondary N) is 1. The molecule has 1 aliphatic rings. The largest absolute Gasteiger partial charge is 0.333 e. The highest BCUT2D eigenvalue weighted by Crippen LogP contribution is 2.18. The molecule has 6 heteroatoms. The van der Waals surface area contributed by atoms with E-state index >= 15 is 0 Å². The summed E-state index contributed by atoms with van der Waals surface area (Å²) >= 11 is 0. The lowest BCUT2D eigenvalue weighted by molar-refractivity contribution is 0.171. The van der Waals surface area contributed by atoms with Gasteiger partial charge in [-0.05, 0) is 25.3 Å². The summed E-state index contributed by atoms with van der Waals surface area (Å²) in [5.74, 6) is 0. The molecule has 0 aliphatic carbocycles. The van der Waals surface area contributed by atoms with Crippen molar-refractivity contribution in [3.63, 3.8) is 0 Å². The van der Waals surface area contributed by atoms with Crippen molar-refractivity contribution in [3.05, 3.63) is 42.6 Å². The number of hydrogen-bond donors (Lipinski definition) is 1. The van der Waals surface area contributed by atoms with Crippen LogP contribution in [0.25, 0.3) is 11.3 Å². The summed E-state index contributed by atoms with van der Waals surface area (Å²) in [6, 6.07) is 11.2. The van der Waals surface area contributed by atoms with Crippen molar-refractivity contribution in [2.75, 3.05) is 19.6 Å². The van der Waals surface area contributed by atoms with Crippen LogP contribution in [0.5, 0.6) is 0 Å². The fourth-order valence-corrected chi connectivity index (χ4v) is 2.73. The number of piperidine rings is 1. The molecule has 122 valence electrons. The molecular formula is C17H21FN4O. The molecule has 2 amide bonds. The van der Waals surface area contributed by atoms with Crippen molar-refractivity contribution < 1.29 is 9.18 Å². The first-order valence-corrected chi connectivity index (χ1v) is 8.01. The van der Waals surface area contributed by atoms with Gasteiger partial charge in [0.25, 0.3) is 0 Å². The molecule has 1 N–H and O–H groups in total. The minimum Gasteiger partial charge on any atom is -0.333 e. The van der Waals surface area contributed by atoms with E-state index in [-0.39, 0.29) is 12.6 Å². The van der Waals surface area contributed by atoms with Gasteiger partial charge < -0.3 is 10.2 Å². The fraction of sp³-hybridized carbons (Fsp3) is 0.412. The molecule has 1 fully saturated rings. The predicted octanol–water partition coefficient (Wildman–Crippen LogP) is 3.21. The number of aromatic nitrogens is 2. The monoisotopic (exact) mass is 316 g/mol. The van der Waals surface area contributed by atoms with Crippen LogP contribution in [0.4, 0.5) is 9.18 Å². The van der Waals surface area contributed by atoms with E-state index in [0.717, 1.165) is 43.6 Å². The summed E-state index contributed by atoms with van der Waals surface area (Å²) in [4.78, 5) is 13.7. The van der Waals surface area contributed by atoms with E-state index in [0.29, 0.717) is 0 Å². The summed E-state index contributed by atoms with van der Waals surface area (Å²) in [6.45, 7) is 1.43. The predicted molar refractivity (Wildman–Crippen MR) is 86.6 cm³/mol. The molecule has 1 atom stereocenters. The van der Waals surface area contributed by atoms with Gasteiger partial charge in [-0.1, -0.05) is 30.3 Å². The average Bonchev–Trinajstić information content (AvgIpc) is 3.11. The molecule has 0 bridgehead atoms. The first kappa shape index (κ1) is 15.5. The Morgan fingerprint density at radius 1 is 1.17 bits per heavy atom. The van der Waals surface area contributed by atoms with Crippen molar-refractivity contribution in [2.24, 2.45) is 0 Å². The van der Waals surface area contributed by atoms with E-state index in [2.05, 4.69) is 10.4 Å². The Hall–Kier alpha value is -2.37. The maximum absolute atomic E-state index is 14.3. The molecule has 0 unspecified atom stereocenters. The molecule has 2 aromatic rings. The number of urea groups is 1. The molecule has 3 rings (SSSR count). The third-order valence-electron chi connectivity index (χ3n) is 4.03. The summed E-state index contributed by atoms with van der Waals surface area (Å²) in [5.41, 5.74) is 1.66. The average molecular weight is 316 g/mol. The van der Waals surface area contributed by atoms with Crippen molar-refractivity contribution in [2.45, 2.75) is 25.6 Å². The number of rotatable bonds is 4. The quantitative estimate of drug-likeness (QED) is 0.941. The minimum absolute atomic E-state index is 0.0781. The van der Waals surface area contributed by atoms with Gasteiger partial charge in [-0.15, -0.1) is 0 Å². The van der Waals surface area contributed by atoms with Gasteiger partial charge in [0.05, 0.1) is 12.2 Å². The van der Waals surface area contributed by atoms with Crippen LogP contribution in [0.15, 0.2) is 42.6 Å². The molecule has 23 heavy (non-hydrogen) atoms. The Balaban J connectivity index is 1.55. The van der Waals surface area contributed by atoms with Gasteiger partial charge in [-0.3, -0.25) is 0 Å². The molecule has 5 nitrogen and oxygen atoms in total. The van der Waals surface area contributed by atoms with Crippen molar-refractivity contribution in [3.8, 4) is 11.3 Å².